The fraction of sp³-hybridized carbons (Fsp3) is 0.435. The number of rotatable bonds is 6. The summed E-state index contributed by atoms with van der Waals surface area (Å²) in [6, 6.07) is 4.10. The maximum absolute atomic E-state index is 13.0. The Morgan fingerprint density at radius 3 is 2.68 bits per heavy atom. The molecule has 0 spiro atoms. The normalized spacial score (nSPS) is 18.6. The first kappa shape index (κ1) is 22.2. The average Bonchev–Trinajstić information content (AvgIpc) is 3.34. The second-order valence-corrected chi connectivity index (χ2v) is 8.75. The number of aromatic nitrogens is 6. The average molecular weight is 469 g/mol. The zero-order chi connectivity index (χ0) is 23.8. The minimum atomic E-state index is -2.49. The standard InChI is InChI=1S/C23H26F2N8O/c1-12-28-19-8-7-18(31-22(19)33(12)11-20(24)25)16-9-26-21-17(16)10-27-23(32-21)30-15-5-3-14(4-6-15)29-13(2)34/h7-10,14-15,20H,3-6,11H2,1-2H3,(H,29,34)(H2,26,27,30,32)/t14-,15-. The van der Waals surface area contributed by atoms with Crippen molar-refractivity contribution in [3.05, 3.63) is 30.4 Å². The van der Waals surface area contributed by atoms with Gasteiger partial charge in [-0.15, -0.1) is 0 Å². The molecular weight excluding hydrogens is 442 g/mol. The van der Waals surface area contributed by atoms with Crippen molar-refractivity contribution in [3.8, 4) is 11.3 Å². The molecule has 1 saturated carbocycles. The van der Waals surface area contributed by atoms with E-state index in [9.17, 15) is 13.6 Å². The number of hydrogen-bond acceptors (Lipinski definition) is 6. The number of anilines is 1. The molecule has 0 bridgehead atoms. The molecule has 4 heterocycles. The fourth-order valence-corrected chi connectivity index (χ4v) is 4.66. The van der Waals surface area contributed by atoms with Crippen LogP contribution >= 0.6 is 0 Å². The Morgan fingerprint density at radius 1 is 1.18 bits per heavy atom. The van der Waals surface area contributed by atoms with Crippen LogP contribution in [0.25, 0.3) is 33.5 Å². The monoisotopic (exact) mass is 468 g/mol. The molecule has 0 unspecified atom stereocenters. The van der Waals surface area contributed by atoms with Gasteiger partial charge in [0.1, 0.15) is 17.0 Å². The number of hydrogen-bond donors (Lipinski definition) is 3. The van der Waals surface area contributed by atoms with Gasteiger partial charge in [0.05, 0.1) is 12.2 Å². The van der Waals surface area contributed by atoms with Crippen molar-refractivity contribution in [3.63, 3.8) is 0 Å². The number of H-pyrrole nitrogens is 1. The van der Waals surface area contributed by atoms with E-state index in [1.165, 1.54) is 4.57 Å². The summed E-state index contributed by atoms with van der Waals surface area (Å²) in [5.74, 6) is 1.05. The molecule has 4 aromatic rings. The lowest BCUT2D eigenvalue weighted by Crippen LogP contribution is -2.39. The molecule has 0 atom stereocenters. The van der Waals surface area contributed by atoms with E-state index in [0.29, 0.717) is 34.3 Å². The molecule has 0 radical (unpaired) electrons. The predicted octanol–water partition coefficient (Wildman–Crippen LogP) is 3.80. The summed E-state index contributed by atoms with van der Waals surface area (Å²) in [4.78, 5) is 32.5. The number of amides is 1. The molecule has 0 saturated heterocycles. The quantitative estimate of drug-likeness (QED) is 0.397. The summed E-state index contributed by atoms with van der Waals surface area (Å²) in [7, 11) is 0. The van der Waals surface area contributed by atoms with Gasteiger partial charge < -0.3 is 20.2 Å². The molecule has 11 heteroatoms. The van der Waals surface area contributed by atoms with Gasteiger partial charge in [-0.25, -0.2) is 23.7 Å². The zero-order valence-electron chi connectivity index (χ0n) is 19.0. The van der Waals surface area contributed by atoms with E-state index in [2.05, 4.69) is 35.6 Å². The molecule has 1 aliphatic rings. The maximum atomic E-state index is 13.0. The van der Waals surface area contributed by atoms with Crippen LogP contribution in [0.2, 0.25) is 0 Å². The van der Waals surface area contributed by atoms with E-state index < -0.39 is 13.0 Å². The summed E-state index contributed by atoms with van der Waals surface area (Å²) in [5, 5.41) is 7.17. The van der Waals surface area contributed by atoms with Crippen molar-refractivity contribution in [2.75, 3.05) is 5.32 Å². The van der Waals surface area contributed by atoms with Gasteiger partial charge in [0, 0.05) is 42.4 Å². The Morgan fingerprint density at radius 2 is 1.94 bits per heavy atom. The fourth-order valence-electron chi connectivity index (χ4n) is 4.66. The van der Waals surface area contributed by atoms with Crippen molar-refractivity contribution < 1.29 is 13.6 Å². The van der Waals surface area contributed by atoms with Crippen LogP contribution in [-0.2, 0) is 11.3 Å². The molecule has 34 heavy (non-hydrogen) atoms. The van der Waals surface area contributed by atoms with Crippen LogP contribution in [0.5, 0.6) is 0 Å². The van der Waals surface area contributed by atoms with Crippen molar-refractivity contribution in [2.24, 2.45) is 0 Å². The SMILES string of the molecule is CC(=O)N[C@H]1CC[C@H](Nc2ncc3c(-c4ccc5nc(C)n(CC(F)F)c5n4)c[nH]c3n2)CC1. The Balaban J connectivity index is 1.36. The van der Waals surface area contributed by atoms with E-state index in [4.69, 9.17) is 0 Å². The number of pyridine rings is 1. The predicted molar refractivity (Wildman–Crippen MR) is 125 cm³/mol. The first-order valence-corrected chi connectivity index (χ1v) is 11.4. The molecule has 0 aromatic carbocycles. The molecular formula is C23H26F2N8O. The minimum absolute atomic E-state index is 0.00925. The molecule has 3 N–H and O–H groups in total. The molecule has 4 aromatic heterocycles. The Kier molecular flexibility index (Phi) is 5.84. The van der Waals surface area contributed by atoms with Gasteiger partial charge in [-0.3, -0.25) is 4.79 Å². The van der Waals surface area contributed by atoms with Crippen LogP contribution in [0.15, 0.2) is 24.5 Å². The minimum Gasteiger partial charge on any atom is -0.354 e. The number of halogens is 2. The molecule has 9 nitrogen and oxygen atoms in total. The highest BCUT2D eigenvalue weighted by Gasteiger charge is 2.22. The number of imidazole rings is 1. The number of aromatic amines is 1. The lowest BCUT2D eigenvalue weighted by molar-refractivity contribution is -0.119. The van der Waals surface area contributed by atoms with Crippen LogP contribution in [0.1, 0.15) is 38.4 Å². The number of carbonyl (C=O) groups excluding carboxylic acids is 1. The van der Waals surface area contributed by atoms with Gasteiger partial charge in [-0.2, -0.15) is 4.98 Å². The number of fused-ring (bicyclic) bond motifs is 2. The van der Waals surface area contributed by atoms with Crippen molar-refractivity contribution in [1.82, 2.24) is 34.8 Å². The molecule has 1 amide bonds. The van der Waals surface area contributed by atoms with E-state index >= 15 is 0 Å². The summed E-state index contributed by atoms with van der Waals surface area (Å²) < 4.78 is 27.5. The van der Waals surface area contributed by atoms with Crippen LogP contribution in [0, 0.1) is 6.92 Å². The van der Waals surface area contributed by atoms with Crippen molar-refractivity contribution >= 4 is 34.1 Å². The highest BCUT2D eigenvalue weighted by atomic mass is 19.3. The maximum Gasteiger partial charge on any atom is 0.256 e. The van der Waals surface area contributed by atoms with Crippen LogP contribution in [0.3, 0.4) is 0 Å². The van der Waals surface area contributed by atoms with Crippen molar-refractivity contribution in [2.45, 2.75) is 64.6 Å². The summed E-state index contributed by atoms with van der Waals surface area (Å²) in [6.07, 6.45) is 4.75. The Labute approximate surface area is 194 Å². The van der Waals surface area contributed by atoms with Crippen LogP contribution in [0.4, 0.5) is 14.7 Å². The third kappa shape index (κ3) is 4.42. The van der Waals surface area contributed by atoms with E-state index in [1.807, 2.05) is 6.07 Å². The number of aryl methyl sites for hydroxylation is 1. The first-order valence-electron chi connectivity index (χ1n) is 11.4. The highest BCUT2D eigenvalue weighted by molar-refractivity contribution is 5.93. The second kappa shape index (κ2) is 8.96. The molecule has 1 fully saturated rings. The van der Waals surface area contributed by atoms with Gasteiger partial charge in [0.25, 0.3) is 6.43 Å². The first-order chi connectivity index (χ1) is 16.4. The van der Waals surface area contributed by atoms with E-state index in [-0.39, 0.29) is 18.0 Å². The number of carbonyl (C=O) groups is 1. The van der Waals surface area contributed by atoms with Gasteiger partial charge in [-0.05, 0) is 44.7 Å². The molecule has 178 valence electrons. The highest BCUT2D eigenvalue weighted by Crippen LogP contribution is 2.29. The number of nitrogens with zero attached hydrogens (tertiary/aromatic N) is 5. The lowest BCUT2D eigenvalue weighted by Gasteiger charge is -2.29. The topological polar surface area (TPSA) is 113 Å². The summed E-state index contributed by atoms with van der Waals surface area (Å²) in [5.41, 5.74) is 3.10. The summed E-state index contributed by atoms with van der Waals surface area (Å²) in [6.45, 7) is 2.80. The number of nitrogens with one attached hydrogen (secondary N) is 3. The molecule has 5 rings (SSSR count). The van der Waals surface area contributed by atoms with Crippen LogP contribution in [-0.4, -0.2) is 53.9 Å². The summed E-state index contributed by atoms with van der Waals surface area (Å²) >= 11 is 0. The van der Waals surface area contributed by atoms with Crippen LogP contribution < -0.4 is 10.6 Å². The second-order valence-electron chi connectivity index (χ2n) is 8.75. The smallest absolute Gasteiger partial charge is 0.256 e. The van der Waals surface area contributed by atoms with Gasteiger partial charge in [0.2, 0.25) is 11.9 Å². The largest absolute Gasteiger partial charge is 0.354 e. The van der Waals surface area contributed by atoms with E-state index in [0.717, 1.165) is 36.6 Å². The zero-order valence-corrected chi connectivity index (χ0v) is 19.0. The van der Waals surface area contributed by atoms with Gasteiger partial charge in [0.15, 0.2) is 5.65 Å². The van der Waals surface area contributed by atoms with Gasteiger partial charge >= 0.3 is 0 Å². The van der Waals surface area contributed by atoms with E-state index in [1.54, 1.807) is 32.3 Å². The number of alkyl halides is 2. The van der Waals surface area contributed by atoms with Gasteiger partial charge in [-0.1, -0.05) is 0 Å². The van der Waals surface area contributed by atoms with Crippen molar-refractivity contribution in [1.29, 1.82) is 0 Å². The Bertz CT molecular complexity index is 1340. The lowest BCUT2D eigenvalue weighted by atomic mass is 9.91. The molecule has 0 aliphatic heterocycles. The molecule has 1 aliphatic carbocycles. The third-order valence-electron chi connectivity index (χ3n) is 6.28. The Hall–Kier alpha value is -3.63. The third-order valence-corrected chi connectivity index (χ3v) is 6.28.